The highest BCUT2D eigenvalue weighted by Crippen LogP contribution is 2.62. The van der Waals surface area contributed by atoms with E-state index in [1.54, 1.807) is 0 Å². The van der Waals surface area contributed by atoms with E-state index in [0.717, 1.165) is 25.7 Å². The van der Waals surface area contributed by atoms with Gasteiger partial charge >= 0.3 is 0 Å². The molecule has 2 saturated carbocycles. The average molecular weight is 295 g/mol. The van der Waals surface area contributed by atoms with Crippen molar-refractivity contribution in [1.82, 2.24) is 10.6 Å². The molecule has 0 aromatic rings. The Morgan fingerprint density at radius 3 is 2.90 bits per heavy atom. The summed E-state index contributed by atoms with van der Waals surface area (Å²) >= 11 is 0. The molecule has 5 nitrogen and oxygen atoms in total. The second-order valence-corrected chi connectivity index (χ2v) is 6.41. The fraction of sp³-hybridized carbons (Fsp3) is 0.938. The molecular weight excluding hydrogens is 266 g/mol. The van der Waals surface area contributed by atoms with E-state index < -0.39 is 0 Å². The molecule has 1 aliphatic heterocycles. The first-order chi connectivity index (χ1) is 10.3. The molecule has 1 spiro atoms. The Labute approximate surface area is 127 Å². The summed E-state index contributed by atoms with van der Waals surface area (Å²) in [5.74, 6) is 1.62. The van der Waals surface area contributed by atoms with Crippen molar-refractivity contribution in [3.8, 4) is 0 Å². The Balaban J connectivity index is 1.59. The summed E-state index contributed by atoms with van der Waals surface area (Å²) in [7, 11) is 0. The fourth-order valence-electron chi connectivity index (χ4n) is 4.29. The van der Waals surface area contributed by atoms with Crippen molar-refractivity contribution >= 4 is 5.96 Å². The third-order valence-electron chi connectivity index (χ3n) is 5.38. The van der Waals surface area contributed by atoms with Crippen LogP contribution in [0.25, 0.3) is 0 Å². The number of nitrogens with zero attached hydrogens (tertiary/aromatic N) is 1. The van der Waals surface area contributed by atoms with Gasteiger partial charge in [0.1, 0.15) is 0 Å². The molecule has 3 unspecified atom stereocenters. The van der Waals surface area contributed by atoms with Crippen molar-refractivity contribution in [3.05, 3.63) is 0 Å². The van der Waals surface area contributed by atoms with Crippen LogP contribution in [0.1, 0.15) is 39.5 Å². The van der Waals surface area contributed by atoms with Crippen LogP contribution in [0, 0.1) is 11.3 Å². The summed E-state index contributed by atoms with van der Waals surface area (Å²) in [4.78, 5) is 4.64. The van der Waals surface area contributed by atoms with E-state index in [2.05, 4.69) is 22.5 Å². The van der Waals surface area contributed by atoms with E-state index in [0.29, 0.717) is 36.6 Å². The van der Waals surface area contributed by atoms with Crippen LogP contribution in [0.4, 0.5) is 0 Å². The van der Waals surface area contributed by atoms with Gasteiger partial charge in [0.25, 0.3) is 0 Å². The van der Waals surface area contributed by atoms with Crippen LogP contribution in [0.15, 0.2) is 4.99 Å². The maximum atomic E-state index is 5.97. The summed E-state index contributed by atoms with van der Waals surface area (Å²) in [6.45, 7) is 8.12. The van der Waals surface area contributed by atoms with Crippen molar-refractivity contribution < 1.29 is 9.47 Å². The van der Waals surface area contributed by atoms with E-state index >= 15 is 0 Å². The van der Waals surface area contributed by atoms with Crippen LogP contribution >= 0.6 is 0 Å². The zero-order valence-corrected chi connectivity index (χ0v) is 13.4. The number of hydrogen-bond donors (Lipinski definition) is 2. The summed E-state index contributed by atoms with van der Waals surface area (Å²) in [6, 6.07) is 0.545. The second-order valence-electron chi connectivity index (χ2n) is 6.41. The van der Waals surface area contributed by atoms with Gasteiger partial charge in [0.05, 0.1) is 19.3 Å². The highest BCUT2D eigenvalue weighted by atomic mass is 16.5. The molecule has 0 aromatic heterocycles. The average Bonchev–Trinajstić information content (AvgIpc) is 2.84. The molecule has 0 aromatic carbocycles. The summed E-state index contributed by atoms with van der Waals surface area (Å²) in [5, 5.41) is 7.07. The van der Waals surface area contributed by atoms with Gasteiger partial charge in [0.15, 0.2) is 5.96 Å². The molecule has 0 bridgehead atoms. The zero-order valence-electron chi connectivity index (χ0n) is 13.4. The normalized spacial score (nSPS) is 33.2. The summed E-state index contributed by atoms with van der Waals surface area (Å²) in [5.41, 5.74) is 0.400. The molecular formula is C16H29N3O2. The van der Waals surface area contributed by atoms with Gasteiger partial charge in [-0.15, -0.1) is 0 Å². The predicted octanol–water partition coefficient (Wildman–Crippen LogP) is 1.54. The van der Waals surface area contributed by atoms with Crippen molar-refractivity contribution in [2.45, 2.75) is 51.7 Å². The number of guanidine groups is 1. The Bertz CT molecular complexity index is 382. The first kappa shape index (κ1) is 15.1. The minimum atomic E-state index is 0.400. The van der Waals surface area contributed by atoms with Crippen molar-refractivity contribution in [2.75, 3.05) is 32.9 Å². The molecule has 3 fully saturated rings. The molecule has 5 heteroatoms. The Morgan fingerprint density at radius 1 is 1.38 bits per heavy atom. The van der Waals surface area contributed by atoms with Gasteiger partial charge in [0.2, 0.25) is 0 Å². The van der Waals surface area contributed by atoms with Crippen molar-refractivity contribution in [3.63, 3.8) is 0 Å². The summed E-state index contributed by atoms with van der Waals surface area (Å²) < 4.78 is 11.3. The van der Waals surface area contributed by atoms with E-state index in [4.69, 9.17) is 9.47 Å². The molecule has 0 radical (unpaired) electrons. The van der Waals surface area contributed by atoms with Crippen LogP contribution < -0.4 is 10.6 Å². The maximum Gasteiger partial charge on any atom is 0.191 e. The van der Waals surface area contributed by atoms with Crippen LogP contribution in [-0.2, 0) is 9.47 Å². The van der Waals surface area contributed by atoms with Crippen LogP contribution in [0.5, 0.6) is 0 Å². The van der Waals surface area contributed by atoms with E-state index in [-0.39, 0.29) is 0 Å². The quantitative estimate of drug-likeness (QED) is 0.443. The molecule has 21 heavy (non-hydrogen) atoms. The van der Waals surface area contributed by atoms with Gasteiger partial charge in [0, 0.05) is 37.1 Å². The highest BCUT2D eigenvalue weighted by Gasteiger charge is 2.66. The Morgan fingerprint density at radius 2 is 2.24 bits per heavy atom. The SMILES string of the molecule is CCNC(=NCCOCC)NC1C2CCOC2C12CCC2. The summed E-state index contributed by atoms with van der Waals surface area (Å²) in [6.07, 6.45) is 5.68. The molecule has 120 valence electrons. The smallest absolute Gasteiger partial charge is 0.191 e. The third kappa shape index (κ3) is 2.66. The molecule has 3 atom stereocenters. The molecule has 1 heterocycles. The predicted molar refractivity (Wildman–Crippen MR) is 83.5 cm³/mol. The second kappa shape index (κ2) is 6.53. The molecule has 3 rings (SSSR count). The van der Waals surface area contributed by atoms with Gasteiger partial charge in [-0.1, -0.05) is 6.42 Å². The number of nitrogens with one attached hydrogen (secondary N) is 2. The molecule has 1 saturated heterocycles. The van der Waals surface area contributed by atoms with Gasteiger partial charge in [-0.3, -0.25) is 4.99 Å². The number of ether oxygens (including phenoxy) is 2. The lowest BCUT2D eigenvalue weighted by atomic mass is 9.46. The lowest BCUT2D eigenvalue weighted by Crippen LogP contribution is -2.72. The highest BCUT2D eigenvalue weighted by molar-refractivity contribution is 5.80. The van der Waals surface area contributed by atoms with Crippen LogP contribution in [0.2, 0.25) is 0 Å². The van der Waals surface area contributed by atoms with Crippen LogP contribution in [-0.4, -0.2) is 51.0 Å². The van der Waals surface area contributed by atoms with E-state index in [9.17, 15) is 0 Å². The number of fused-ring (bicyclic) bond motifs is 2. The van der Waals surface area contributed by atoms with Gasteiger partial charge in [-0.2, -0.15) is 0 Å². The third-order valence-corrected chi connectivity index (χ3v) is 5.38. The van der Waals surface area contributed by atoms with E-state index in [1.807, 2.05) is 6.92 Å². The zero-order chi connectivity index (χ0) is 14.7. The maximum absolute atomic E-state index is 5.97. The van der Waals surface area contributed by atoms with Crippen LogP contribution in [0.3, 0.4) is 0 Å². The molecule has 0 amide bonds. The first-order valence-corrected chi connectivity index (χ1v) is 8.56. The van der Waals surface area contributed by atoms with Crippen molar-refractivity contribution in [2.24, 2.45) is 16.3 Å². The number of rotatable bonds is 6. The van der Waals surface area contributed by atoms with Crippen molar-refractivity contribution in [1.29, 1.82) is 0 Å². The number of hydrogen-bond acceptors (Lipinski definition) is 3. The van der Waals surface area contributed by atoms with Gasteiger partial charge in [-0.05, 0) is 33.1 Å². The Hall–Kier alpha value is -0.810. The fourth-order valence-corrected chi connectivity index (χ4v) is 4.29. The largest absolute Gasteiger partial charge is 0.380 e. The minimum Gasteiger partial charge on any atom is -0.380 e. The Kier molecular flexibility index (Phi) is 4.69. The minimum absolute atomic E-state index is 0.400. The van der Waals surface area contributed by atoms with E-state index in [1.165, 1.54) is 25.7 Å². The molecule has 2 N–H and O–H groups in total. The molecule has 3 aliphatic rings. The monoisotopic (exact) mass is 295 g/mol. The molecule has 2 aliphatic carbocycles. The topological polar surface area (TPSA) is 54.9 Å². The number of aliphatic imine (C=N–C) groups is 1. The van der Waals surface area contributed by atoms with Gasteiger partial charge in [-0.25, -0.2) is 0 Å². The first-order valence-electron chi connectivity index (χ1n) is 8.56. The standard InChI is InChI=1S/C16H29N3O2/c1-3-17-15(18-9-11-20-4-2)19-13-12-6-10-21-14(12)16(13)7-5-8-16/h12-14H,3-11H2,1-2H3,(H2,17,18,19). The lowest BCUT2D eigenvalue weighted by Gasteiger charge is -2.63. The lowest BCUT2D eigenvalue weighted by molar-refractivity contribution is -0.171. The van der Waals surface area contributed by atoms with Gasteiger partial charge < -0.3 is 20.1 Å².